The summed E-state index contributed by atoms with van der Waals surface area (Å²) in [7, 11) is 0. The van der Waals surface area contributed by atoms with Crippen molar-refractivity contribution in [2.24, 2.45) is 0 Å². The molecular weight excluding hydrogens is 252 g/mol. The highest BCUT2D eigenvalue weighted by molar-refractivity contribution is 6.02. The maximum Gasteiger partial charge on any atom is 0.0736 e. The molecule has 4 heteroatoms. The van der Waals surface area contributed by atoms with Crippen LogP contribution in [0.1, 0.15) is 42.1 Å². The average Bonchev–Trinajstić information content (AvgIpc) is 2.99. The number of para-hydroxylation sites is 1. The molecule has 2 aliphatic heterocycles. The highest BCUT2D eigenvalue weighted by atomic mass is 16.4. The summed E-state index contributed by atoms with van der Waals surface area (Å²) in [5, 5.41) is 15.7. The molecule has 2 aromatic rings. The van der Waals surface area contributed by atoms with Crippen molar-refractivity contribution < 1.29 is 9.90 Å². The van der Waals surface area contributed by atoms with Crippen molar-refractivity contribution in [3.05, 3.63) is 36.0 Å². The number of piperidine rings is 1. The predicted molar refractivity (Wildman–Crippen MR) is 74.5 cm³/mol. The third-order valence-corrected chi connectivity index (χ3v) is 4.80. The molecule has 2 bridgehead atoms. The average molecular weight is 269 g/mol. The highest BCUT2D eigenvalue weighted by Crippen LogP contribution is 2.36. The third-order valence-electron chi connectivity index (χ3n) is 4.80. The zero-order valence-electron chi connectivity index (χ0n) is 11.2. The topological polar surface area (TPSA) is 57.1 Å². The molecule has 104 valence electrons. The number of nitrogens with one attached hydrogen (secondary N) is 1. The summed E-state index contributed by atoms with van der Waals surface area (Å²) in [6.45, 7) is 0. The largest absolute Gasteiger partial charge is 0.545 e. The number of carbonyl (C=O) groups is 1. The molecule has 2 unspecified atom stereocenters. The normalized spacial score (nSPS) is 28.9. The molecule has 0 amide bonds. The maximum absolute atomic E-state index is 11.3. The van der Waals surface area contributed by atoms with Gasteiger partial charge in [-0.15, -0.1) is 0 Å². The van der Waals surface area contributed by atoms with Crippen LogP contribution in [0.2, 0.25) is 0 Å². The van der Waals surface area contributed by atoms with Crippen molar-refractivity contribution in [1.29, 1.82) is 0 Å². The van der Waals surface area contributed by atoms with Gasteiger partial charge in [0.15, 0.2) is 0 Å². The molecule has 2 atom stereocenters. The molecule has 2 fully saturated rings. The summed E-state index contributed by atoms with van der Waals surface area (Å²) in [6, 6.07) is 9.29. The van der Waals surface area contributed by atoms with Crippen LogP contribution in [0.15, 0.2) is 30.5 Å². The summed E-state index contributed by atoms with van der Waals surface area (Å²) < 4.78 is 2.16. The Labute approximate surface area is 117 Å². The number of carboxylic acids is 1. The van der Waals surface area contributed by atoms with Crippen molar-refractivity contribution in [3.63, 3.8) is 0 Å². The fourth-order valence-electron chi connectivity index (χ4n) is 3.92. The second kappa shape index (κ2) is 4.35. The molecule has 0 radical (unpaired) electrons. The number of hydrogen-bond donors (Lipinski definition) is 1. The van der Waals surface area contributed by atoms with E-state index in [0.29, 0.717) is 23.7 Å². The molecule has 0 aliphatic carbocycles. The molecule has 20 heavy (non-hydrogen) atoms. The van der Waals surface area contributed by atoms with Crippen LogP contribution in [0, 0.1) is 0 Å². The number of rotatable bonds is 2. The number of aromatic carboxylic acids is 1. The standard InChI is InChI=1S/C16H18N2O2/c19-16(20)14-9-18(15-4-2-1-3-13(14)15)12-7-10-5-6-11(8-12)17-10/h1-4,9-12,17H,5-8H2,(H,19,20)/p-1. The van der Waals surface area contributed by atoms with E-state index >= 15 is 0 Å². The van der Waals surface area contributed by atoms with Crippen LogP contribution < -0.4 is 10.4 Å². The lowest BCUT2D eigenvalue weighted by Gasteiger charge is -2.30. The first-order valence-corrected chi connectivity index (χ1v) is 7.29. The van der Waals surface area contributed by atoms with Gasteiger partial charge in [0.05, 0.1) is 5.97 Å². The molecule has 0 saturated carbocycles. The van der Waals surface area contributed by atoms with Gasteiger partial charge in [-0.1, -0.05) is 18.2 Å². The van der Waals surface area contributed by atoms with Crippen molar-refractivity contribution in [2.75, 3.05) is 0 Å². The van der Waals surface area contributed by atoms with Crippen molar-refractivity contribution in [1.82, 2.24) is 9.88 Å². The van der Waals surface area contributed by atoms with E-state index in [2.05, 4.69) is 9.88 Å². The number of benzene rings is 1. The molecule has 1 aromatic heterocycles. The number of fused-ring (bicyclic) bond motifs is 3. The minimum absolute atomic E-state index is 0.312. The van der Waals surface area contributed by atoms with E-state index in [9.17, 15) is 9.90 Å². The zero-order valence-corrected chi connectivity index (χ0v) is 11.2. The van der Waals surface area contributed by atoms with Crippen LogP contribution in [0.4, 0.5) is 0 Å². The summed E-state index contributed by atoms with van der Waals surface area (Å²) in [5.74, 6) is -1.09. The summed E-state index contributed by atoms with van der Waals surface area (Å²) in [4.78, 5) is 11.3. The Balaban J connectivity index is 1.81. The van der Waals surface area contributed by atoms with Gasteiger partial charge < -0.3 is 19.8 Å². The first-order chi connectivity index (χ1) is 9.72. The van der Waals surface area contributed by atoms with E-state index in [1.807, 2.05) is 24.3 Å². The molecule has 2 aliphatic rings. The van der Waals surface area contributed by atoms with Gasteiger partial charge in [0.1, 0.15) is 0 Å². The Kier molecular flexibility index (Phi) is 2.60. The van der Waals surface area contributed by atoms with E-state index in [4.69, 9.17) is 0 Å². The molecule has 4 nitrogen and oxygen atoms in total. The molecule has 0 spiro atoms. The van der Waals surface area contributed by atoms with Crippen LogP contribution in [-0.2, 0) is 0 Å². The molecular formula is C16H17N2O2-. The van der Waals surface area contributed by atoms with Crippen LogP contribution in [-0.4, -0.2) is 22.6 Å². The molecule has 2 saturated heterocycles. The Bertz CT molecular complexity index is 664. The minimum atomic E-state index is -1.09. The molecule has 3 heterocycles. The lowest BCUT2D eigenvalue weighted by atomic mass is 9.99. The van der Waals surface area contributed by atoms with Gasteiger partial charge in [0, 0.05) is 40.8 Å². The summed E-state index contributed by atoms with van der Waals surface area (Å²) >= 11 is 0. The fraction of sp³-hybridized carbons (Fsp3) is 0.438. The van der Waals surface area contributed by atoms with E-state index < -0.39 is 5.97 Å². The Morgan fingerprint density at radius 1 is 1.20 bits per heavy atom. The summed E-state index contributed by atoms with van der Waals surface area (Å²) in [6.07, 6.45) is 6.43. The fourth-order valence-corrected chi connectivity index (χ4v) is 3.92. The zero-order chi connectivity index (χ0) is 13.7. The van der Waals surface area contributed by atoms with Gasteiger partial charge in [0.2, 0.25) is 0 Å². The number of carbonyl (C=O) groups excluding carboxylic acids is 1. The minimum Gasteiger partial charge on any atom is -0.545 e. The van der Waals surface area contributed by atoms with Gasteiger partial charge >= 0.3 is 0 Å². The Morgan fingerprint density at radius 2 is 1.90 bits per heavy atom. The van der Waals surface area contributed by atoms with E-state index in [0.717, 1.165) is 23.7 Å². The van der Waals surface area contributed by atoms with Crippen molar-refractivity contribution >= 4 is 16.9 Å². The van der Waals surface area contributed by atoms with E-state index in [1.165, 1.54) is 12.8 Å². The molecule has 4 rings (SSSR count). The lowest BCUT2D eigenvalue weighted by Crippen LogP contribution is -2.38. The van der Waals surface area contributed by atoms with Crippen LogP contribution in [0.5, 0.6) is 0 Å². The summed E-state index contributed by atoms with van der Waals surface area (Å²) in [5.41, 5.74) is 1.32. The monoisotopic (exact) mass is 269 g/mol. The van der Waals surface area contributed by atoms with Crippen LogP contribution >= 0.6 is 0 Å². The van der Waals surface area contributed by atoms with Gasteiger partial charge in [-0.2, -0.15) is 0 Å². The van der Waals surface area contributed by atoms with Crippen molar-refractivity contribution in [2.45, 2.75) is 43.8 Å². The number of carboxylic acid groups (broad SMARTS) is 1. The quantitative estimate of drug-likeness (QED) is 0.898. The molecule has 1 aromatic carbocycles. The number of hydrogen-bond acceptors (Lipinski definition) is 3. The second-order valence-corrected chi connectivity index (χ2v) is 6.02. The lowest BCUT2D eigenvalue weighted by molar-refractivity contribution is -0.254. The highest BCUT2D eigenvalue weighted by Gasteiger charge is 2.34. The first-order valence-electron chi connectivity index (χ1n) is 7.29. The van der Waals surface area contributed by atoms with Crippen LogP contribution in [0.3, 0.4) is 0 Å². The van der Waals surface area contributed by atoms with Crippen molar-refractivity contribution in [3.8, 4) is 0 Å². The SMILES string of the molecule is O=C([O-])c1cn(C2CC3CCC(C2)N3)c2ccccc12. The van der Waals surface area contributed by atoms with E-state index in [1.54, 1.807) is 6.20 Å². The Hall–Kier alpha value is -1.81. The smallest absolute Gasteiger partial charge is 0.0736 e. The molecule has 1 N–H and O–H groups in total. The van der Waals surface area contributed by atoms with Gasteiger partial charge in [0.25, 0.3) is 0 Å². The van der Waals surface area contributed by atoms with Gasteiger partial charge in [-0.25, -0.2) is 0 Å². The maximum atomic E-state index is 11.3. The first kappa shape index (κ1) is 12.0. The Morgan fingerprint density at radius 3 is 2.60 bits per heavy atom. The van der Waals surface area contributed by atoms with E-state index in [-0.39, 0.29) is 0 Å². The second-order valence-electron chi connectivity index (χ2n) is 6.02. The number of aromatic nitrogens is 1. The van der Waals surface area contributed by atoms with Crippen LogP contribution in [0.25, 0.3) is 10.9 Å². The number of nitrogens with zero attached hydrogens (tertiary/aromatic N) is 1. The predicted octanol–water partition coefficient (Wildman–Crippen LogP) is 1.46. The van der Waals surface area contributed by atoms with Gasteiger partial charge in [-0.3, -0.25) is 0 Å². The van der Waals surface area contributed by atoms with Gasteiger partial charge in [-0.05, 0) is 31.7 Å². The third kappa shape index (κ3) is 1.75.